The lowest BCUT2D eigenvalue weighted by Gasteiger charge is -2.13. The molecule has 0 aromatic heterocycles. The van der Waals surface area contributed by atoms with E-state index in [0.717, 1.165) is 35.6 Å². The van der Waals surface area contributed by atoms with Gasteiger partial charge >= 0.3 is 0 Å². The minimum absolute atomic E-state index is 0.745. The fraction of sp³-hybridized carbons (Fsp3) is 0.600. The molecule has 114 valence electrons. The first-order valence-electron chi connectivity index (χ1n) is 6.84. The number of unbranched alkanes of at least 4 members (excludes halogenated alkanes) is 1. The van der Waals surface area contributed by atoms with Crippen LogP contribution in [0.4, 0.5) is 0 Å². The van der Waals surface area contributed by atoms with E-state index >= 15 is 0 Å². The number of ether oxygens (including phenoxy) is 2. The Balaban J connectivity index is 2.43. The minimum Gasteiger partial charge on any atom is -0.493 e. The molecular formula is C15H25BrN2O2. The molecule has 1 rings (SSSR count). The summed E-state index contributed by atoms with van der Waals surface area (Å²) in [5, 5.41) is 3.46. The lowest BCUT2D eigenvalue weighted by molar-refractivity contribution is 0.354. The minimum atomic E-state index is 0.745. The molecule has 0 bridgehead atoms. The van der Waals surface area contributed by atoms with Crippen molar-refractivity contribution in [1.29, 1.82) is 0 Å². The Kier molecular flexibility index (Phi) is 7.95. The Morgan fingerprint density at radius 1 is 1.10 bits per heavy atom. The van der Waals surface area contributed by atoms with Gasteiger partial charge < -0.3 is 19.7 Å². The molecule has 0 saturated carbocycles. The monoisotopic (exact) mass is 344 g/mol. The van der Waals surface area contributed by atoms with Crippen LogP contribution < -0.4 is 14.8 Å². The molecule has 4 nitrogen and oxygen atoms in total. The first kappa shape index (κ1) is 17.3. The number of nitrogens with zero attached hydrogens (tertiary/aromatic N) is 1. The molecule has 1 aromatic rings. The van der Waals surface area contributed by atoms with E-state index in [1.54, 1.807) is 14.2 Å². The summed E-state index contributed by atoms with van der Waals surface area (Å²) in [6.45, 7) is 2.99. The number of benzene rings is 1. The Bertz CT molecular complexity index is 411. The van der Waals surface area contributed by atoms with Crippen molar-refractivity contribution in [3.8, 4) is 11.5 Å². The van der Waals surface area contributed by atoms with Gasteiger partial charge in [0.05, 0.1) is 14.2 Å². The Morgan fingerprint density at radius 3 is 2.35 bits per heavy atom. The fourth-order valence-electron chi connectivity index (χ4n) is 1.93. The van der Waals surface area contributed by atoms with Crippen LogP contribution >= 0.6 is 15.9 Å². The van der Waals surface area contributed by atoms with E-state index in [9.17, 15) is 0 Å². The van der Waals surface area contributed by atoms with Crippen LogP contribution in [-0.2, 0) is 6.54 Å². The summed E-state index contributed by atoms with van der Waals surface area (Å²) in [5.74, 6) is 1.51. The second-order valence-electron chi connectivity index (χ2n) is 4.99. The van der Waals surface area contributed by atoms with Crippen LogP contribution in [0.25, 0.3) is 0 Å². The Hall–Kier alpha value is -0.780. The predicted molar refractivity (Wildman–Crippen MR) is 86.7 cm³/mol. The maximum Gasteiger partial charge on any atom is 0.161 e. The smallest absolute Gasteiger partial charge is 0.161 e. The number of nitrogens with one attached hydrogen (secondary N) is 1. The van der Waals surface area contributed by atoms with Crippen molar-refractivity contribution in [3.05, 3.63) is 22.2 Å². The lowest BCUT2D eigenvalue weighted by Crippen LogP contribution is -2.18. The van der Waals surface area contributed by atoms with Crippen molar-refractivity contribution < 1.29 is 9.47 Å². The molecule has 0 atom stereocenters. The fourth-order valence-corrected chi connectivity index (χ4v) is 2.40. The third kappa shape index (κ3) is 5.69. The molecule has 0 spiro atoms. The predicted octanol–water partition coefficient (Wildman–Crippen LogP) is 2.90. The third-order valence-electron chi connectivity index (χ3n) is 3.08. The van der Waals surface area contributed by atoms with Gasteiger partial charge in [-0.2, -0.15) is 0 Å². The topological polar surface area (TPSA) is 33.7 Å². The van der Waals surface area contributed by atoms with Crippen molar-refractivity contribution in [2.45, 2.75) is 19.4 Å². The van der Waals surface area contributed by atoms with E-state index < -0.39 is 0 Å². The molecule has 0 radical (unpaired) electrons. The van der Waals surface area contributed by atoms with Crippen LogP contribution in [0.5, 0.6) is 11.5 Å². The molecular weight excluding hydrogens is 320 g/mol. The Labute approximate surface area is 130 Å². The van der Waals surface area contributed by atoms with Gasteiger partial charge in [-0.25, -0.2) is 0 Å². The van der Waals surface area contributed by atoms with Gasteiger partial charge in [-0.05, 0) is 57.7 Å². The SMILES string of the molecule is COc1cc(Br)c(CNCCCCN(C)C)cc1OC. The van der Waals surface area contributed by atoms with Crippen molar-refractivity contribution in [2.24, 2.45) is 0 Å². The van der Waals surface area contributed by atoms with Crippen molar-refractivity contribution in [1.82, 2.24) is 10.2 Å². The van der Waals surface area contributed by atoms with Crippen molar-refractivity contribution in [2.75, 3.05) is 41.4 Å². The highest BCUT2D eigenvalue weighted by Crippen LogP contribution is 2.33. The number of rotatable bonds is 9. The lowest BCUT2D eigenvalue weighted by atomic mass is 10.2. The molecule has 0 aliphatic heterocycles. The van der Waals surface area contributed by atoms with Crippen LogP contribution in [0.2, 0.25) is 0 Å². The second kappa shape index (κ2) is 9.21. The molecule has 1 N–H and O–H groups in total. The molecule has 1 aromatic carbocycles. The zero-order valence-corrected chi connectivity index (χ0v) is 14.4. The number of hydrogen-bond acceptors (Lipinski definition) is 4. The van der Waals surface area contributed by atoms with Crippen molar-refractivity contribution in [3.63, 3.8) is 0 Å². The van der Waals surface area contributed by atoms with Crippen LogP contribution in [0.15, 0.2) is 16.6 Å². The largest absolute Gasteiger partial charge is 0.493 e. The molecule has 20 heavy (non-hydrogen) atoms. The summed E-state index contributed by atoms with van der Waals surface area (Å²) < 4.78 is 11.6. The van der Waals surface area contributed by atoms with Gasteiger partial charge in [-0.1, -0.05) is 15.9 Å². The van der Waals surface area contributed by atoms with Gasteiger partial charge in [0.25, 0.3) is 0 Å². The molecule has 5 heteroatoms. The highest BCUT2D eigenvalue weighted by molar-refractivity contribution is 9.10. The highest BCUT2D eigenvalue weighted by Gasteiger charge is 2.09. The van der Waals surface area contributed by atoms with Crippen LogP contribution in [0.1, 0.15) is 18.4 Å². The summed E-state index contributed by atoms with van der Waals surface area (Å²) in [7, 11) is 7.51. The van der Waals surface area contributed by atoms with Gasteiger partial charge in [-0.3, -0.25) is 0 Å². The molecule has 0 amide bonds. The normalized spacial score (nSPS) is 10.9. The standard InChI is InChI=1S/C15H25BrN2O2/c1-18(2)8-6-5-7-17-11-12-9-14(19-3)15(20-4)10-13(12)16/h9-10,17H,5-8,11H2,1-4H3. The second-order valence-corrected chi connectivity index (χ2v) is 5.84. The van der Waals surface area contributed by atoms with Gasteiger partial charge in [0.1, 0.15) is 0 Å². The van der Waals surface area contributed by atoms with Crippen LogP contribution in [-0.4, -0.2) is 46.3 Å². The van der Waals surface area contributed by atoms with Gasteiger partial charge in [0.2, 0.25) is 0 Å². The van der Waals surface area contributed by atoms with E-state index in [-0.39, 0.29) is 0 Å². The summed E-state index contributed by atoms with van der Waals surface area (Å²) in [6, 6.07) is 3.96. The Morgan fingerprint density at radius 2 is 1.75 bits per heavy atom. The first-order chi connectivity index (χ1) is 9.58. The van der Waals surface area contributed by atoms with E-state index in [0.29, 0.717) is 0 Å². The van der Waals surface area contributed by atoms with Crippen LogP contribution in [0.3, 0.4) is 0 Å². The van der Waals surface area contributed by atoms with Gasteiger partial charge in [0, 0.05) is 11.0 Å². The summed E-state index contributed by atoms with van der Waals surface area (Å²) in [5.41, 5.74) is 1.18. The maximum absolute atomic E-state index is 5.32. The number of hydrogen-bond donors (Lipinski definition) is 1. The molecule has 0 fully saturated rings. The summed E-state index contributed by atoms with van der Waals surface area (Å²) >= 11 is 3.57. The summed E-state index contributed by atoms with van der Waals surface area (Å²) in [6.07, 6.45) is 2.40. The highest BCUT2D eigenvalue weighted by atomic mass is 79.9. The van der Waals surface area contributed by atoms with E-state index in [1.807, 2.05) is 12.1 Å². The van der Waals surface area contributed by atoms with Gasteiger partial charge in [0.15, 0.2) is 11.5 Å². The maximum atomic E-state index is 5.32. The van der Waals surface area contributed by atoms with Crippen molar-refractivity contribution >= 4 is 15.9 Å². The van der Waals surface area contributed by atoms with E-state index in [2.05, 4.69) is 40.2 Å². The number of methoxy groups -OCH3 is 2. The van der Waals surface area contributed by atoms with E-state index in [1.165, 1.54) is 18.4 Å². The number of halogens is 1. The average molecular weight is 345 g/mol. The quantitative estimate of drug-likeness (QED) is 0.698. The van der Waals surface area contributed by atoms with Crippen LogP contribution in [0, 0.1) is 0 Å². The molecule has 0 unspecified atom stereocenters. The zero-order chi connectivity index (χ0) is 15.0. The molecule has 0 heterocycles. The average Bonchev–Trinajstić information content (AvgIpc) is 2.43. The molecule has 0 saturated heterocycles. The van der Waals surface area contributed by atoms with E-state index in [4.69, 9.17) is 9.47 Å². The molecule has 0 aliphatic rings. The zero-order valence-electron chi connectivity index (χ0n) is 12.8. The first-order valence-corrected chi connectivity index (χ1v) is 7.63. The summed E-state index contributed by atoms with van der Waals surface area (Å²) in [4.78, 5) is 2.21. The third-order valence-corrected chi connectivity index (χ3v) is 3.82. The molecule has 0 aliphatic carbocycles. The van der Waals surface area contributed by atoms with Gasteiger partial charge in [-0.15, -0.1) is 0 Å².